The maximum atomic E-state index is 13.8. The fourth-order valence-corrected chi connectivity index (χ4v) is 6.26. The number of carbonyl (C=O) groups excluding carboxylic acids is 1. The molecule has 3 N–H and O–H groups in total. The van der Waals surface area contributed by atoms with Crippen LogP contribution in [0.1, 0.15) is 66.7 Å². The van der Waals surface area contributed by atoms with E-state index in [1.165, 1.54) is 44.5 Å². The maximum absolute atomic E-state index is 13.8. The van der Waals surface area contributed by atoms with E-state index < -0.39 is 0 Å². The summed E-state index contributed by atoms with van der Waals surface area (Å²) < 4.78 is 0. The molecule has 2 saturated heterocycles. The lowest BCUT2D eigenvalue weighted by atomic mass is 9.71. The molecule has 6 rings (SSSR count). The molecule has 1 atom stereocenters. The largest absolute Gasteiger partial charge is 0.399 e. The molecular weight excluding hydrogens is 396 g/mol. The van der Waals surface area contributed by atoms with E-state index in [2.05, 4.69) is 46.8 Å². The topological polar surface area (TPSA) is 65.4 Å². The summed E-state index contributed by atoms with van der Waals surface area (Å²) in [7, 11) is 0. The summed E-state index contributed by atoms with van der Waals surface area (Å²) in [6.07, 6.45) is 5.12. The monoisotopic (exact) mass is 428 g/mol. The number of ketones is 1. The second-order valence-corrected chi connectivity index (χ2v) is 10.4. The second-order valence-electron chi connectivity index (χ2n) is 10.4. The Morgan fingerprint density at radius 1 is 1.06 bits per heavy atom. The quantitative estimate of drug-likeness (QED) is 0.594. The molecule has 3 heterocycles. The second kappa shape index (κ2) is 7.11. The Hall–Kier alpha value is -2.79. The van der Waals surface area contributed by atoms with E-state index in [1.807, 2.05) is 18.2 Å². The molecule has 1 aromatic heterocycles. The van der Waals surface area contributed by atoms with Crippen LogP contribution in [0.2, 0.25) is 0 Å². The number of hydrogen-bond acceptors (Lipinski definition) is 4. The minimum atomic E-state index is -0.273. The molecule has 32 heavy (non-hydrogen) atoms. The first-order chi connectivity index (χ1) is 15.4. The minimum Gasteiger partial charge on any atom is -0.399 e. The molecule has 2 aromatic carbocycles. The highest BCUT2D eigenvalue weighted by molar-refractivity contribution is 6.20. The number of aromatic nitrogens is 1. The van der Waals surface area contributed by atoms with E-state index in [0.717, 1.165) is 46.4 Å². The number of nitrogens with two attached hydrogens (primary N) is 1. The lowest BCUT2D eigenvalue weighted by Gasteiger charge is -2.34. The smallest absolute Gasteiger partial charge is 0.195 e. The van der Waals surface area contributed by atoms with Gasteiger partial charge in [-0.05, 0) is 68.6 Å². The van der Waals surface area contributed by atoms with Crippen LogP contribution in [-0.4, -0.2) is 47.9 Å². The van der Waals surface area contributed by atoms with Crippen LogP contribution in [0, 0.1) is 0 Å². The summed E-state index contributed by atoms with van der Waals surface area (Å²) in [4.78, 5) is 22.5. The van der Waals surface area contributed by atoms with Gasteiger partial charge in [-0.3, -0.25) is 4.79 Å². The Kier molecular flexibility index (Phi) is 4.41. The summed E-state index contributed by atoms with van der Waals surface area (Å²) in [6, 6.07) is 12.9. The number of H-pyrrole nitrogens is 1. The minimum absolute atomic E-state index is 0.127. The fraction of sp³-hybridized carbons (Fsp3) is 0.444. The van der Waals surface area contributed by atoms with E-state index in [4.69, 9.17) is 5.73 Å². The van der Waals surface area contributed by atoms with E-state index in [-0.39, 0.29) is 11.2 Å². The number of hydrogen-bond donors (Lipinski definition) is 2. The van der Waals surface area contributed by atoms with Gasteiger partial charge in [-0.2, -0.15) is 0 Å². The molecular formula is C27H32N4O. The van der Waals surface area contributed by atoms with Crippen molar-refractivity contribution in [1.29, 1.82) is 0 Å². The van der Waals surface area contributed by atoms with Crippen molar-refractivity contribution < 1.29 is 4.79 Å². The van der Waals surface area contributed by atoms with Gasteiger partial charge < -0.3 is 20.5 Å². The van der Waals surface area contributed by atoms with Gasteiger partial charge in [0.25, 0.3) is 0 Å². The first kappa shape index (κ1) is 19.9. The Bertz CT molecular complexity index is 1220. The van der Waals surface area contributed by atoms with E-state index in [0.29, 0.717) is 11.7 Å². The number of anilines is 2. The molecule has 0 bridgehead atoms. The molecule has 0 amide bonds. The standard InChI is InChI=1S/C27H32N4O/c1-27(2)22-10-8-18(31-13-5-6-19(31)16-30-11-3-4-12-30)15-21(22)25(32)24-20-9-7-17(28)14-23(20)29-26(24)27/h7-10,14-15,19,29H,3-6,11-13,16,28H2,1-2H3/t19-/m0/s1. The van der Waals surface area contributed by atoms with Gasteiger partial charge in [-0.15, -0.1) is 0 Å². The number of nitrogen functional groups attached to an aromatic ring is 1. The van der Waals surface area contributed by atoms with Crippen molar-refractivity contribution >= 4 is 28.1 Å². The van der Waals surface area contributed by atoms with Crippen molar-refractivity contribution in [2.24, 2.45) is 0 Å². The van der Waals surface area contributed by atoms with Gasteiger partial charge in [0, 0.05) is 58.1 Å². The van der Waals surface area contributed by atoms with Crippen LogP contribution in [-0.2, 0) is 5.41 Å². The number of rotatable bonds is 3. The van der Waals surface area contributed by atoms with Gasteiger partial charge in [-0.25, -0.2) is 0 Å². The molecule has 166 valence electrons. The van der Waals surface area contributed by atoms with Crippen molar-refractivity contribution in [2.45, 2.75) is 51.0 Å². The van der Waals surface area contributed by atoms with E-state index in [9.17, 15) is 4.79 Å². The van der Waals surface area contributed by atoms with Crippen molar-refractivity contribution in [3.05, 3.63) is 58.8 Å². The first-order valence-electron chi connectivity index (χ1n) is 12.0. The van der Waals surface area contributed by atoms with Crippen LogP contribution in [0.25, 0.3) is 10.9 Å². The van der Waals surface area contributed by atoms with Crippen molar-refractivity contribution in [3.63, 3.8) is 0 Å². The highest BCUT2D eigenvalue weighted by Gasteiger charge is 2.40. The zero-order chi connectivity index (χ0) is 22.0. The van der Waals surface area contributed by atoms with Crippen LogP contribution in [0.3, 0.4) is 0 Å². The van der Waals surface area contributed by atoms with Crippen LogP contribution < -0.4 is 10.6 Å². The summed E-state index contributed by atoms with van der Waals surface area (Å²) >= 11 is 0. The van der Waals surface area contributed by atoms with Gasteiger partial charge >= 0.3 is 0 Å². The van der Waals surface area contributed by atoms with Crippen molar-refractivity contribution in [3.8, 4) is 0 Å². The zero-order valence-electron chi connectivity index (χ0n) is 19.1. The number of benzene rings is 2. The SMILES string of the molecule is CC1(C)c2ccc(N3CCC[C@H]3CN3CCCC3)cc2C(=O)c2c1[nH]c1cc(N)ccc21. The number of aromatic amines is 1. The van der Waals surface area contributed by atoms with E-state index >= 15 is 0 Å². The van der Waals surface area contributed by atoms with Gasteiger partial charge in [-0.1, -0.05) is 26.0 Å². The number of nitrogens with one attached hydrogen (secondary N) is 1. The predicted molar refractivity (Wildman–Crippen MR) is 131 cm³/mol. The third-order valence-corrected chi connectivity index (χ3v) is 7.97. The van der Waals surface area contributed by atoms with Crippen LogP contribution in [0.4, 0.5) is 11.4 Å². The number of likely N-dealkylation sites (tertiary alicyclic amines) is 1. The molecule has 0 radical (unpaired) electrons. The molecule has 3 aliphatic rings. The zero-order valence-corrected chi connectivity index (χ0v) is 19.1. The van der Waals surface area contributed by atoms with Gasteiger partial charge in [0.15, 0.2) is 5.78 Å². The average molecular weight is 429 g/mol. The van der Waals surface area contributed by atoms with Gasteiger partial charge in [0.05, 0.1) is 5.56 Å². The number of carbonyl (C=O) groups is 1. The summed E-state index contributed by atoms with van der Waals surface area (Å²) in [5, 5.41) is 0.969. The number of nitrogens with zero attached hydrogens (tertiary/aromatic N) is 2. The van der Waals surface area contributed by atoms with Crippen molar-refractivity contribution in [1.82, 2.24) is 9.88 Å². The van der Waals surface area contributed by atoms with Crippen LogP contribution >= 0.6 is 0 Å². The third kappa shape index (κ3) is 2.91. The summed E-state index contributed by atoms with van der Waals surface area (Å²) in [5.41, 5.74) is 12.3. The lowest BCUT2D eigenvalue weighted by molar-refractivity contribution is 0.103. The Morgan fingerprint density at radius 3 is 2.69 bits per heavy atom. The summed E-state index contributed by atoms with van der Waals surface area (Å²) in [5.74, 6) is 0.127. The molecule has 5 nitrogen and oxygen atoms in total. The molecule has 0 saturated carbocycles. The predicted octanol–water partition coefficient (Wildman–Crippen LogP) is 4.69. The first-order valence-corrected chi connectivity index (χ1v) is 12.0. The fourth-order valence-electron chi connectivity index (χ4n) is 6.26. The Morgan fingerprint density at radius 2 is 1.88 bits per heavy atom. The van der Waals surface area contributed by atoms with E-state index in [1.54, 1.807) is 0 Å². The average Bonchev–Trinajstić information content (AvgIpc) is 3.52. The van der Waals surface area contributed by atoms with Crippen LogP contribution in [0.15, 0.2) is 36.4 Å². The molecule has 1 aliphatic carbocycles. The summed E-state index contributed by atoms with van der Waals surface area (Å²) in [6.45, 7) is 9.10. The van der Waals surface area contributed by atoms with Gasteiger partial charge in [0.2, 0.25) is 0 Å². The molecule has 2 fully saturated rings. The highest BCUT2D eigenvalue weighted by Crippen LogP contribution is 2.45. The molecule has 3 aromatic rings. The Labute approximate surface area is 189 Å². The molecule has 0 unspecified atom stereocenters. The third-order valence-electron chi connectivity index (χ3n) is 7.97. The number of fused-ring (bicyclic) bond motifs is 4. The Balaban J connectivity index is 1.41. The van der Waals surface area contributed by atoms with Crippen molar-refractivity contribution in [2.75, 3.05) is 36.8 Å². The maximum Gasteiger partial charge on any atom is 0.195 e. The normalized spacial score (nSPS) is 22.5. The van der Waals surface area contributed by atoms with Crippen LogP contribution in [0.5, 0.6) is 0 Å². The molecule has 2 aliphatic heterocycles. The lowest BCUT2D eigenvalue weighted by Crippen LogP contribution is -2.39. The van der Waals surface area contributed by atoms with Gasteiger partial charge in [0.1, 0.15) is 0 Å². The molecule has 0 spiro atoms. The highest BCUT2D eigenvalue weighted by atomic mass is 16.1. The molecule has 5 heteroatoms.